The standard InChI is InChI=1S/C32H35ClN6O3.C5H12O.C2H5NO2.C2H4O2.CH5N.CH4/c1-42-18-4-7-28(41)39-17-3-6-27(39)32-36-29(30(33)37-32)24-14-10-22(11-15-24)21-8-12-23(13-9-21)25-19-34-31(35-25)26-5-2-16-38(26)20-40;1-3-4-5-6-2;1-5-2(3)4;1-4-2-3;1-2;/h8-15,19-20,26-27H,2-7,16-18H2,1H3,(H,34,35)(H,36,37);3-5H2,1-2H3;1H3,(H2,3,4);2H,1H3;2H2,1H3;1H4. The molecular weight excluding hydrogens is 792 g/mol. The Kier molecular flexibility index (Phi) is 26.2. The van der Waals surface area contributed by atoms with Crippen LogP contribution in [0.15, 0.2) is 54.7 Å². The number of nitrogens with one attached hydrogen (secondary N) is 2. The smallest absolute Gasteiger partial charge is 0.404 e. The first kappa shape index (κ1) is 52.7. The molecule has 17 heteroatoms. The Hall–Kier alpha value is -5.29. The molecule has 16 nitrogen and oxygen atoms in total. The van der Waals surface area contributed by atoms with Crippen molar-refractivity contribution in [2.45, 2.75) is 77.8 Å². The third-order valence-corrected chi connectivity index (χ3v) is 9.61. The summed E-state index contributed by atoms with van der Waals surface area (Å²) in [4.78, 5) is 62.2. The summed E-state index contributed by atoms with van der Waals surface area (Å²) in [5, 5.41) is 0.480. The summed E-state index contributed by atoms with van der Waals surface area (Å²) in [7, 11) is 7.42. The zero-order chi connectivity index (χ0) is 43.6. The Morgan fingerprint density at radius 2 is 1.37 bits per heavy atom. The van der Waals surface area contributed by atoms with Crippen LogP contribution in [-0.2, 0) is 33.3 Å². The number of nitrogens with two attached hydrogens (primary N) is 2. The number of unbranched alkanes of at least 4 members (excludes halogenated alkanes) is 1. The summed E-state index contributed by atoms with van der Waals surface area (Å²) in [5.74, 6) is 1.70. The third kappa shape index (κ3) is 16.4. The number of carbonyl (C=O) groups excluding carboxylic acids is 4. The maximum atomic E-state index is 12.8. The molecule has 3 amide bonds. The number of hydrogen-bond donors (Lipinski definition) is 4. The summed E-state index contributed by atoms with van der Waals surface area (Å²) in [6, 6.07) is 16.5. The second-order valence-corrected chi connectivity index (χ2v) is 13.5. The molecule has 6 rings (SSSR count). The Morgan fingerprint density at radius 1 is 0.833 bits per heavy atom. The van der Waals surface area contributed by atoms with Gasteiger partial charge in [0, 0.05) is 52.5 Å². The lowest BCUT2D eigenvalue weighted by atomic mass is 10.0. The number of primary amides is 1. The maximum absolute atomic E-state index is 12.8. The summed E-state index contributed by atoms with van der Waals surface area (Å²) in [6.45, 7) is 5.53. The molecule has 4 heterocycles. The Morgan fingerprint density at radius 3 is 1.88 bits per heavy atom. The zero-order valence-electron chi connectivity index (χ0n) is 35.1. The van der Waals surface area contributed by atoms with Crippen LogP contribution in [0.5, 0.6) is 0 Å². The molecule has 2 fully saturated rings. The van der Waals surface area contributed by atoms with Crippen molar-refractivity contribution in [2.75, 3.05) is 61.8 Å². The SMILES string of the molecule is C.CCCCOC.CN.COC(N)=O.COC=O.COCCCC(=O)N1CCCC1c1nc(-c2ccc(-c3ccc(-c4cnc(C5CCCN5C=O)[nH]4)cc3)cc2)c(Cl)[nH]1. The van der Waals surface area contributed by atoms with Crippen molar-refractivity contribution < 1.29 is 38.1 Å². The van der Waals surface area contributed by atoms with Crippen LogP contribution < -0.4 is 11.5 Å². The molecule has 2 aliphatic heterocycles. The van der Waals surface area contributed by atoms with E-state index in [1.165, 1.54) is 34.1 Å². The largest absolute Gasteiger partial charge is 0.471 e. The minimum Gasteiger partial charge on any atom is -0.471 e. The highest BCUT2D eigenvalue weighted by Crippen LogP contribution is 2.36. The van der Waals surface area contributed by atoms with Gasteiger partial charge in [0.25, 0.3) is 6.47 Å². The van der Waals surface area contributed by atoms with Gasteiger partial charge in [0.1, 0.15) is 22.5 Å². The van der Waals surface area contributed by atoms with E-state index in [4.69, 9.17) is 30.9 Å². The third-order valence-electron chi connectivity index (χ3n) is 9.33. The lowest BCUT2D eigenvalue weighted by Crippen LogP contribution is -2.31. The molecule has 0 radical (unpaired) electrons. The first-order valence-corrected chi connectivity index (χ1v) is 19.9. The van der Waals surface area contributed by atoms with Gasteiger partial charge in [0.05, 0.1) is 38.2 Å². The minimum atomic E-state index is -0.745. The predicted octanol–water partition coefficient (Wildman–Crippen LogP) is 7.32. The number of amides is 3. The van der Waals surface area contributed by atoms with Crippen molar-refractivity contribution in [3.05, 3.63) is 71.5 Å². The van der Waals surface area contributed by atoms with Crippen LogP contribution in [0.1, 0.15) is 89.4 Å². The number of methoxy groups -OCH3 is 4. The van der Waals surface area contributed by atoms with Gasteiger partial charge in [0.15, 0.2) is 0 Å². The number of rotatable bonds is 14. The van der Waals surface area contributed by atoms with E-state index in [9.17, 15) is 14.4 Å². The van der Waals surface area contributed by atoms with Gasteiger partial charge in [-0.1, -0.05) is 80.9 Å². The second-order valence-electron chi connectivity index (χ2n) is 13.2. The van der Waals surface area contributed by atoms with Gasteiger partial charge in [0.2, 0.25) is 12.3 Å². The van der Waals surface area contributed by atoms with E-state index in [2.05, 4.69) is 79.2 Å². The van der Waals surface area contributed by atoms with Crippen molar-refractivity contribution in [2.24, 2.45) is 11.5 Å². The number of imidazole rings is 2. The highest BCUT2D eigenvalue weighted by molar-refractivity contribution is 6.31. The van der Waals surface area contributed by atoms with E-state index in [1.807, 2.05) is 28.1 Å². The first-order chi connectivity index (χ1) is 28.6. The molecule has 2 aliphatic rings. The fraction of sp³-hybridized carbons (Fsp3) is 0.488. The number of halogens is 1. The van der Waals surface area contributed by atoms with Crippen LogP contribution >= 0.6 is 11.6 Å². The molecule has 0 spiro atoms. The van der Waals surface area contributed by atoms with Crippen molar-refractivity contribution in [1.82, 2.24) is 29.7 Å². The van der Waals surface area contributed by atoms with E-state index in [0.29, 0.717) is 36.8 Å². The quantitative estimate of drug-likeness (QED) is 0.0727. The summed E-state index contributed by atoms with van der Waals surface area (Å²) in [5.41, 5.74) is 14.7. The van der Waals surface area contributed by atoms with Crippen LogP contribution in [0.2, 0.25) is 5.15 Å². The average molecular weight is 857 g/mol. The van der Waals surface area contributed by atoms with Crippen LogP contribution in [0.4, 0.5) is 4.79 Å². The molecule has 0 bridgehead atoms. The topological polar surface area (TPSA) is 221 Å². The normalized spacial score (nSPS) is 14.9. The summed E-state index contributed by atoms with van der Waals surface area (Å²) >= 11 is 6.61. The molecule has 4 aromatic rings. The van der Waals surface area contributed by atoms with E-state index in [1.54, 1.807) is 14.2 Å². The number of benzene rings is 2. The Labute approximate surface area is 359 Å². The van der Waals surface area contributed by atoms with Crippen LogP contribution in [0.3, 0.4) is 0 Å². The average Bonchev–Trinajstić information content (AvgIpc) is 4.12. The van der Waals surface area contributed by atoms with E-state index in [-0.39, 0.29) is 25.4 Å². The van der Waals surface area contributed by atoms with Gasteiger partial charge in [-0.15, -0.1) is 0 Å². The number of H-pyrrole nitrogens is 2. The second kappa shape index (κ2) is 29.8. The maximum Gasteiger partial charge on any atom is 0.404 e. The molecule has 2 unspecified atom stereocenters. The van der Waals surface area contributed by atoms with Crippen molar-refractivity contribution >= 4 is 36.5 Å². The lowest BCUT2D eigenvalue weighted by Gasteiger charge is -2.23. The van der Waals surface area contributed by atoms with E-state index in [0.717, 1.165) is 91.4 Å². The molecule has 2 saturated heterocycles. The molecule has 6 N–H and O–H groups in total. The van der Waals surface area contributed by atoms with Crippen LogP contribution in [0.25, 0.3) is 33.6 Å². The van der Waals surface area contributed by atoms with Gasteiger partial charge in [-0.25, -0.2) is 14.8 Å². The number of aromatic amines is 2. The molecule has 2 atom stereocenters. The number of likely N-dealkylation sites (tertiary alicyclic amines) is 2. The fourth-order valence-electron chi connectivity index (χ4n) is 6.39. The predicted molar refractivity (Wildman–Crippen MR) is 235 cm³/mol. The number of hydrogen-bond acceptors (Lipinski definition) is 11. The molecule has 2 aromatic heterocycles. The minimum absolute atomic E-state index is 0. The monoisotopic (exact) mass is 856 g/mol. The molecule has 332 valence electrons. The Bertz CT molecular complexity index is 1800. The van der Waals surface area contributed by atoms with Crippen LogP contribution in [-0.4, -0.2) is 116 Å². The molecule has 60 heavy (non-hydrogen) atoms. The van der Waals surface area contributed by atoms with Gasteiger partial charge in [-0.2, -0.15) is 0 Å². The van der Waals surface area contributed by atoms with Gasteiger partial charge >= 0.3 is 6.09 Å². The molecule has 2 aromatic carbocycles. The molecule has 0 aliphatic carbocycles. The van der Waals surface area contributed by atoms with Crippen molar-refractivity contribution in [3.63, 3.8) is 0 Å². The first-order valence-electron chi connectivity index (χ1n) is 19.5. The highest BCUT2D eigenvalue weighted by Gasteiger charge is 2.32. The number of ether oxygens (including phenoxy) is 4. The summed E-state index contributed by atoms with van der Waals surface area (Å²) in [6.07, 6.45) is 9.35. The van der Waals surface area contributed by atoms with E-state index < -0.39 is 6.09 Å². The van der Waals surface area contributed by atoms with Crippen molar-refractivity contribution in [3.8, 4) is 33.6 Å². The molecule has 0 saturated carbocycles. The molecular formula is C43H65ClN8O8. The number of nitrogens with zero attached hydrogens (tertiary/aromatic N) is 4. The van der Waals surface area contributed by atoms with Crippen molar-refractivity contribution in [1.29, 1.82) is 0 Å². The van der Waals surface area contributed by atoms with Gasteiger partial charge in [-0.05, 0) is 62.3 Å². The van der Waals surface area contributed by atoms with Gasteiger partial charge < -0.3 is 50.2 Å². The number of carbonyl (C=O) groups is 4. The van der Waals surface area contributed by atoms with Crippen LogP contribution in [0, 0.1) is 0 Å². The van der Waals surface area contributed by atoms with Gasteiger partial charge in [-0.3, -0.25) is 14.4 Å². The lowest BCUT2D eigenvalue weighted by molar-refractivity contribution is -0.132. The highest BCUT2D eigenvalue weighted by atomic mass is 35.5. The number of aromatic nitrogens is 4. The Balaban J connectivity index is 0.000000854. The fourth-order valence-corrected chi connectivity index (χ4v) is 6.64. The van der Waals surface area contributed by atoms with E-state index >= 15 is 0 Å². The summed E-state index contributed by atoms with van der Waals surface area (Å²) < 4.78 is 17.6. The zero-order valence-corrected chi connectivity index (χ0v) is 35.8.